The normalized spacial score (nSPS) is 9.64. The molecule has 0 rings (SSSR count). The number of rotatable bonds is 6. The summed E-state index contributed by atoms with van der Waals surface area (Å²) < 4.78 is 0. The van der Waals surface area contributed by atoms with Crippen LogP contribution >= 0.6 is 15.9 Å². The fraction of sp³-hybridized carbons (Fsp3) is 0.750. The van der Waals surface area contributed by atoms with Crippen molar-refractivity contribution in [3.05, 3.63) is 0 Å². The number of unbranched alkanes of at least 4 members (excludes halogenated alkanes) is 1. The summed E-state index contributed by atoms with van der Waals surface area (Å²) in [5.74, 6) is 0.421. The predicted molar refractivity (Wildman–Crippen MR) is 48.0 cm³/mol. The highest BCUT2D eigenvalue weighted by atomic mass is 79.9. The Balaban J connectivity index is 3.14. The van der Waals surface area contributed by atoms with Gasteiger partial charge in [0.15, 0.2) is 0 Å². The van der Waals surface area contributed by atoms with Crippen molar-refractivity contribution in [3.8, 4) is 0 Å². The van der Waals surface area contributed by atoms with Crippen molar-refractivity contribution in [3.63, 3.8) is 0 Å². The number of halogens is 1. The van der Waals surface area contributed by atoms with Gasteiger partial charge in [-0.15, -0.1) is 0 Å². The smallest absolute Gasteiger partial charge is 0.143 e. The van der Waals surface area contributed by atoms with Crippen LogP contribution in [0.4, 0.5) is 0 Å². The summed E-state index contributed by atoms with van der Waals surface area (Å²) in [7, 11) is 0. The molecule has 0 N–H and O–H groups in total. The fourth-order valence-corrected chi connectivity index (χ4v) is 1.04. The second kappa shape index (κ2) is 6.53. The van der Waals surface area contributed by atoms with Gasteiger partial charge in [0.05, 0.1) is 5.33 Å². The van der Waals surface area contributed by atoms with E-state index in [1.807, 2.05) is 0 Å². The van der Waals surface area contributed by atoms with E-state index in [0.29, 0.717) is 18.2 Å². The Bertz CT molecular complexity index is 143. The number of hydrogen-bond donors (Lipinski definition) is 0. The number of hydrogen-bond acceptors (Lipinski definition) is 2. The van der Waals surface area contributed by atoms with Gasteiger partial charge >= 0.3 is 0 Å². The van der Waals surface area contributed by atoms with Crippen molar-refractivity contribution >= 4 is 27.5 Å². The van der Waals surface area contributed by atoms with Crippen LogP contribution in [0.5, 0.6) is 0 Å². The molecule has 3 heteroatoms. The number of Topliss-reactive ketones (excluding diaryl/α,β-unsaturated/α-hetero) is 2. The van der Waals surface area contributed by atoms with Gasteiger partial charge in [0.1, 0.15) is 11.6 Å². The van der Waals surface area contributed by atoms with Crippen LogP contribution in [-0.2, 0) is 9.59 Å². The minimum absolute atomic E-state index is 0.205. The molecule has 0 aromatic rings. The molecule has 0 aliphatic heterocycles. The molecular weight excluding hydrogens is 208 g/mol. The Morgan fingerprint density at radius 1 is 1.18 bits per heavy atom. The highest BCUT2D eigenvalue weighted by Crippen LogP contribution is 2.02. The van der Waals surface area contributed by atoms with Crippen LogP contribution in [-0.4, -0.2) is 16.9 Å². The van der Waals surface area contributed by atoms with E-state index in [4.69, 9.17) is 0 Å². The maximum atomic E-state index is 10.7. The molecule has 0 aliphatic carbocycles. The van der Waals surface area contributed by atoms with Gasteiger partial charge in [0, 0.05) is 12.8 Å². The first-order chi connectivity index (χ1) is 5.16. The third-order valence-electron chi connectivity index (χ3n) is 1.38. The zero-order valence-electron chi connectivity index (χ0n) is 6.73. The van der Waals surface area contributed by atoms with E-state index >= 15 is 0 Å². The summed E-state index contributed by atoms with van der Waals surface area (Å²) in [6.45, 7) is 1.58. The summed E-state index contributed by atoms with van der Waals surface area (Å²) in [6, 6.07) is 0. The second-order valence-corrected chi connectivity index (χ2v) is 3.14. The van der Waals surface area contributed by atoms with Crippen LogP contribution < -0.4 is 0 Å². The van der Waals surface area contributed by atoms with Gasteiger partial charge in [0.25, 0.3) is 0 Å². The number of alkyl halides is 1. The van der Waals surface area contributed by atoms with Crippen LogP contribution in [0, 0.1) is 0 Å². The SMILES string of the molecule is CC(=O)CCCCC(=O)CBr. The molecule has 0 atom stereocenters. The third-order valence-corrected chi connectivity index (χ3v) is 2.01. The first-order valence-corrected chi connectivity index (χ1v) is 4.86. The first kappa shape index (κ1) is 10.8. The second-order valence-electron chi connectivity index (χ2n) is 2.58. The minimum atomic E-state index is 0.205. The van der Waals surface area contributed by atoms with E-state index in [2.05, 4.69) is 15.9 Å². The molecule has 0 aromatic carbocycles. The molecule has 0 radical (unpaired) electrons. The standard InChI is InChI=1S/C8H13BrO2/c1-7(10)4-2-3-5-8(11)6-9/h2-6H2,1H3. The van der Waals surface area contributed by atoms with Crippen molar-refractivity contribution < 1.29 is 9.59 Å². The van der Waals surface area contributed by atoms with E-state index in [1.165, 1.54) is 0 Å². The molecule has 2 nitrogen and oxygen atoms in total. The average molecular weight is 221 g/mol. The molecule has 0 saturated carbocycles. The van der Waals surface area contributed by atoms with Gasteiger partial charge in [-0.25, -0.2) is 0 Å². The maximum Gasteiger partial charge on any atom is 0.143 e. The van der Waals surface area contributed by atoms with Crippen LogP contribution in [0.25, 0.3) is 0 Å². The Kier molecular flexibility index (Phi) is 6.42. The lowest BCUT2D eigenvalue weighted by molar-refractivity contribution is -0.118. The Morgan fingerprint density at radius 3 is 2.18 bits per heavy atom. The van der Waals surface area contributed by atoms with Gasteiger partial charge < -0.3 is 4.79 Å². The van der Waals surface area contributed by atoms with Crippen molar-refractivity contribution in [1.82, 2.24) is 0 Å². The van der Waals surface area contributed by atoms with Crippen molar-refractivity contribution in [2.24, 2.45) is 0 Å². The lowest BCUT2D eigenvalue weighted by atomic mass is 10.1. The van der Waals surface area contributed by atoms with Crippen LogP contribution in [0.15, 0.2) is 0 Å². The van der Waals surface area contributed by atoms with Crippen LogP contribution in [0.1, 0.15) is 32.6 Å². The van der Waals surface area contributed by atoms with E-state index in [-0.39, 0.29) is 11.6 Å². The lowest BCUT2D eigenvalue weighted by Gasteiger charge is -1.95. The number of carbonyl (C=O) groups excluding carboxylic acids is 2. The summed E-state index contributed by atoms with van der Waals surface area (Å²) >= 11 is 3.08. The van der Waals surface area contributed by atoms with Gasteiger partial charge in [-0.05, 0) is 19.8 Å². The third kappa shape index (κ3) is 7.72. The van der Waals surface area contributed by atoms with Crippen LogP contribution in [0.3, 0.4) is 0 Å². The van der Waals surface area contributed by atoms with Crippen LogP contribution in [0.2, 0.25) is 0 Å². The molecule has 0 heterocycles. The topological polar surface area (TPSA) is 34.1 Å². The lowest BCUT2D eigenvalue weighted by Crippen LogP contribution is -1.98. The summed E-state index contributed by atoms with van der Waals surface area (Å²) in [5.41, 5.74) is 0. The average Bonchev–Trinajstić information content (AvgIpc) is 1.97. The molecule has 0 spiro atoms. The molecule has 0 aromatic heterocycles. The molecule has 0 fully saturated rings. The molecule has 0 aliphatic rings. The largest absolute Gasteiger partial charge is 0.300 e. The highest BCUT2D eigenvalue weighted by molar-refractivity contribution is 9.09. The molecule has 0 amide bonds. The first-order valence-electron chi connectivity index (χ1n) is 3.74. The Hall–Kier alpha value is -0.180. The van der Waals surface area contributed by atoms with E-state index in [0.717, 1.165) is 12.8 Å². The van der Waals surface area contributed by atoms with E-state index in [1.54, 1.807) is 6.92 Å². The van der Waals surface area contributed by atoms with Crippen molar-refractivity contribution in [1.29, 1.82) is 0 Å². The van der Waals surface area contributed by atoms with Gasteiger partial charge in [-0.1, -0.05) is 15.9 Å². The monoisotopic (exact) mass is 220 g/mol. The molecule has 0 saturated heterocycles. The Labute approximate surface area is 75.5 Å². The van der Waals surface area contributed by atoms with Gasteiger partial charge in [-0.2, -0.15) is 0 Å². The number of carbonyl (C=O) groups is 2. The van der Waals surface area contributed by atoms with Gasteiger partial charge in [0.2, 0.25) is 0 Å². The molecule has 0 unspecified atom stereocenters. The van der Waals surface area contributed by atoms with E-state index in [9.17, 15) is 9.59 Å². The molecular formula is C8H13BrO2. The molecule has 64 valence electrons. The number of ketones is 2. The van der Waals surface area contributed by atoms with Crippen molar-refractivity contribution in [2.45, 2.75) is 32.6 Å². The highest BCUT2D eigenvalue weighted by Gasteiger charge is 1.99. The predicted octanol–water partition coefficient (Wildman–Crippen LogP) is 2.10. The Morgan fingerprint density at radius 2 is 1.73 bits per heavy atom. The summed E-state index contributed by atoms with van der Waals surface area (Å²) in [5, 5.41) is 0.438. The zero-order valence-corrected chi connectivity index (χ0v) is 8.32. The minimum Gasteiger partial charge on any atom is -0.300 e. The summed E-state index contributed by atoms with van der Waals surface area (Å²) in [6.07, 6.45) is 2.88. The fourth-order valence-electron chi connectivity index (χ4n) is 0.763. The molecule has 11 heavy (non-hydrogen) atoms. The summed E-state index contributed by atoms with van der Waals surface area (Å²) in [4.78, 5) is 21.2. The quantitative estimate of drug-likeness (QED) is 0.508. The maximum absolute atomic E-state index is 10.7. The van der Waals surface area contributed by atoms with Gasteiger partial charge in [-0.3, -0.25) is 4.79 Å². The molecule has 0 bridgehead atoms. The zero-order chi connectivity index (χ0) is 8.69. The van der Waals surface area contributed by atoms with E-state index < -0.39 is 0 Å². The van der Waals surface area contributed by atoms with Crippen molar-refractivity contribution in [2.75, 3.05) is 5.33 Å².